The summed E-state index contributed by atoms with van der Waals surface area (Å²) in [5, 5.41) is 9.07. The van der Waals surface area contributed by atoms with E-state index in [2.05, 4.69) is 4.72 Å². The number of nitrogens with two attached hydrogens (primary N) is 1. The SMILES string of the molecule is CCCC1CC1NS(=O)(=O)c1cc(N)ccc1C(=O)O. The maximum atomic E-state index is 12.3. The molecule has 0 spiro atoms. The maximum absolute atomic E-state index is 12.3. The Morgan fingerprint density at radius 1 is 1.50 bits per heavy atom. The van der Waals surface area contributed by atoms with Crippen molar-refractivity contribution in [3.05, 3.63) is 23.8 Å². The van der Waals surface area contributed by atoms with Crippen molar-refractivity contribution >= 4 is 21.7 Å². The quantitative estimate of drug-likeness (QED) is 0.688. The molecule has 1 saturated carbocycles. The lowest BCUT2D eigenvalue weighted by molar-refractivity contribution is 0.0692. The molecule has 7 heteroatoms. The van der Waals surface area contributed by atoms with Crippen LogP contribution in [0.5, 0.6) is 0 Å². The van der Waals surface area contributed by atoms with E-state index in [1.165, 1.54) is 18.2 Å². The van der Waals surface area contributed by atoms with Gasteiger partial charge < -0.3 is 10.8 Å². The van der Waals surface area contributed by atoms with E-state index in [1.807, 2.05) is 6.92 Å². The molecule has 0 radical (unpaired) electrons. The van der Waals surface area contributed by atoms with E-state index in [4.69, 9.17) is 10.8 Å². The minimum absolute atomic E-state index is 0.0944. The third-order valence-corrected chi connectivity index (χ3v) is 4.94. The van der Waals surface area contributed by atoms with E-state index in [9.17, 15) is 13.2 Å². The molecule has 2 atom stereocenters. The normalized spacial score (nSPS) is 21.6. The molecule has 1 aromatic rings. The molecule has 0 aliphatic heterocycles. The number of anilines is 1. The van der Waals surface area contributed by atoms with Gasteiger partial charge in [0, 0.05) is 11.7 Å². The summed E-state index contributed by atoms with van der Waals surface area (Å²) in [6, 6.07) is 3.67. The van der Waals surface area contributed by atoms with E-state index in [1.54, 1.807) is 0 Å². The van der Waals surface area contributed by atoms with Gasteiger partial charge in [0.2, 0.25) is 10.0 Å². The van der Waals surface area contributed by atoms with Crippen molar-refractivity contribution in [2.75, 3.05) is 5.73 Å². The zero-order valence-electron chi connectivity index (χ0n) is 11.2. The van der Waals surface area contributed by atoms with E-state index in [0.717, 1.165) is 19.3 Å². The highest BCUT2D eigenvalue weighted by Crippen LogP contribution is 2.36. The first kappa shape index (κ1) is 14.8. The van der Waals surface area contributed by atoms with Gasteiger partial charge in [-0.05, 0) is 37.0 Å². The third-order valence-electron chi connectivity index (χ3n) is 3.41. The van der Waals surface area contributed by atoms with Gasteiger partial charge in [-0.25, -0.2) is 17.9 Å². The van der Waals surface area contributed by atoms with Gasteiger partial charge in [0.15, 0.2) is 0 Å². The number of benzene rings is 1. The number of carbonyl (C=O) groups is 1. The van der Waals surface area contributed by atoms with Crippen LogP contribution in [0.1, 0.15) is 36.5 Å². The molecular weight excluding hydrogens is 280 g/mol. The molecule has 0 amide bonds. The second-order valence-electron chi connectivity index (χ2n) is 5.07. The number of nitrogen functional groups attached to an aromatic ring is 1. The number of carboxylic acids is 1. The molecular formula is C13H18N2O4S. The molecule has 1 aliphatic rings. The molecule has 4 N–H and O–H groups in total. The maximum Gasteiger partial charge on any atom is 0.337 e. The van der Waals surface area contributed by atoms with Crippen molar-refractivity contribution in [2.45, 2.75) is 37.1 Å². The van der Waals surface area contributed by atoms with Crippen LogP contribution in [0.15, 0.2) is 23.1 Å². The van der Waals surface area contributed by atoms with Gasteiger partial charge in [-0.1, -0.05) is 13.3 Å². The van der Waals surface area contributed by atoms with Crippen molar-refractivity contribution < 1.29 is 18.3 Å². The Hall–Kier alpha value is -1.60. The fourth-order valence-corrected chi connectivity index (χ4v) is 3.83. The fraction of sp³-hybridized carbons (Fsp3) is 0.462. The average molecular weight is 298 g/mol. The Morgan fingerprint density at radius 2 is 2.20 bits per heavy atom. The van der Waals surface area contributed by atoms with Crippen LogP contribution < -0.4 is 10.5 Å². The van der Waals surface area contributed by atoms with Crippen molar-refractivity contribution in [1.82, 2.24) is 4.72 Å². The molecule has 110 valence electrons. The molecule has 20 heavy (non-hydrogen) atoms. The number of hydrogen-bond donors (Lipinski definition) is 3. The van der Waals surface area contributed by atoms with Gasteiger partial charge in [-0.2, -0.15) is 0 Å². The van der Waals surface area contributed by atoms with Gasteiger partial charge in [0.1, 0.15) is 0 Å². The summed E-state index contributed by atoms with van der Waals surface area (Å²) in [6.07, 6.45) is 2.77. The van der Waals surface area contributed by atoms with E-state index in [0.29, 0.717) is 5.92 Å². The minimum atomic E-state index is -3.86. The van der Waals surface area contributed by atoms with Crippen molar-refractivity contribution in [3.63, 3.8) is 0 Å². The molecule has 2 unspecified atom stereocenters. The highest BCUT2D eigenvalue weighted by atomic mass is 32.2. The van der Waals surface area contributed by atoms with Crippen LogP contribution in [-0.4, -0.2) is 25.5 Å². The van der Waals surface area contributed by atoms with Crippen molar-refractivity contribution in [2.24, 2.45) is 5.92 Å². The van der Waals surface area contributed by atoms with Crippen LogP contribution in [0, 0.1) is 5.92 Å². The molecule has 6 nitrogen and oxygen atoms in total. The molecule has 2 rings (SSSR count). The average Bonchev–Trinajstić information content (AvgIpc) is 3.06. The Balaban J connectivity index is 2.26. The number of sulfonamides is 1. The second kappa shape index (κ2) is 5.41. The first-order valence-electron chi connectivity index (χ1n) is 6.50. The Bertz CT molecular complexity index is 627. The number of carboxylic acid groups (broad SMARTS) is 1. The highest BCUT2D eigenvalue weighted by molar-refractivity contribution is 7.89. The monoisotopic (exact) mass is 298 g/mol. The summed E-state index contributed by atoms with van der Waals surface area (Å²) in [5.41, 5.74) is 5.51. The molecule has 1 aliphatic carbocycles. The summed E-state index contributed by atoms with van der Waals surface area (Å²) >= 11 is 0. The Morgan fingerprint density at radius 3 is 2.80 bits per heavy atom. The first-order valence-corrected chi connectivity index (χ1v) is 7.98. The minimum Gasteiger partial charge on any atom is -0.478 e. The van der Waals surface area contributed by atoms with E-state index >= 15 is 0 Å². The van der Waals surface area contributed by atoms with Crippen LogP contribution in [0.25, 0.3) is 0 Å². The summed E-state index contributed by atoms with van der Waals surface area (Å²) in [7, 11) is -3.86. The van der Waals surface area contributed by atoms with Gasteiger partial charge in [-0.15, -0.1) is 0 Å². The van der Waals surface area contributed by atoms with Gasteiger partial charge >= 0.3 is 5.97 Å². The summed E-state index contributed by atoms with van der Waals surface area (Å²) < 4.78 is 27.1. The van der Waals surface area contributed by atoms with Gasteiger partial charge in [0.25, 0.3) is 0 Å². The standard InChI is InChI=1S/C13H18N2O4S/c1-2-3-8-6-11(8)15-20(18,19)12-7-9(14)4-5-10(12)13(16)17/h4-5,7-8,11,15H,2-3,6,14H2,1H3,(H,16,17). The predicted molar refractivity (Wildman–Crippen MR) is 74.9 cm³/mol. The summed E-state index contributed by atoms with van der Waals surface area (Å²) in [5.74, 6) is -0.935. The van der Waals surface area contributed by atoms with Crippen LogP contribution in [0.4, 0.5) is 5.69 Å². The lowest BCUT2D eigenvalue weighted by atomic mass is 10.2. The van der Waals surface area contributed by atoms with Crippen LogP contribution in [0.2, 0.25) is 0 Å². The van der Waals surface area contributed by atoms with Crippen molar-refractivity contribution in [1.29, 1.82) is 0 Å². The fourth-order valence-electron chi connectivity index (χ4n) is 2.28. The molecule has 0 saturated heterocycles. The second-order valence-corrected chi connectivity index (χ2v) is 6.76. The van der Waals surface area contributed by atoms with Gasteiger partial charge in [-0.3, -0.25) is 0 Å². The number of rotatable bonds is 6. The summed E-state index contributed by atoms with van der Waals surface area (Å²) in [4.78, 5) is 10.8. The lowest BCUT2D eigenvalue weighted by Crippen LogP contribution is -2.28. The first-order chi connectivity index (χ1) is 9.35. The zero-order chi connectivity index (χ0) is 14.9. The largest absolute Gasteiger partial charge is 0.478 e. The number of aromatic carboxylic acids is 1. The number of hydrogen-bond acceptors (Lipinski definition) is 4. The highest BCUT2D eigenvalue weighted by Gasteiger charge is 2.40. The zero-order valence-corrected chi connectivity index (χ0v) is 12.0. The molecule has 0 heterocycles. The predicted octanol–water partition coefficient (Wildman–Crippen LogP) is 1.43. The Labute approximate surface area is 118 Å². The topological polar surface area (TPSA) is 109 Å². The van der Waals surface area contributed by atoms with Crippen LogP contribution >= 0.6 is 0 Å². The van der Waals surface area contributed by atoms with Crippen LogP contribution in [-0.2, 0) is 10.0 Å². The Kier molecular flexibility index (Phi) is 4.01. The van der Waals surface area contributed by atoms with E-state index < -0.39 is 16.0 Å². The molecule has 0 aromatic heterocycles. The lowest BCUT2D eigenvalue weighted by Gasteiger charge is -2.10. The molecule has 0 bridgehead atoms. The van der Waals surface area contributed by atoms with Crippen molar-refractivity contribution in [3.8, 4) is 0 Å². The summed E-state index contributed by atoms with van der Waals surface area (Å²) in [6.45, 7) is 2.05. The van der Waals surface area contributed by atoms with Crippen LogP contribution in [0.3, 0.4) is 0 Å². The number of nitrogens with one attached hydrogen (secondary N) is 1. The molecule has 1 aromatic carbocycles. The molecule has 1 fully saturated rings. The smallest absolute Gasteiger partial charge is 0.337 e. The van der Waals surface area contributed by atoms with E-state index in [-0.39, 0.29) is 22.2 Å². The third kappa shape index (κ3) is 3.10. The van der Waals surface area contributed by atoms with Gasteiger partial charge in [0.05, 0.1) is 10.5 Å².